The number of nitrogens with zero attached hydrogens (tertiary/aromatic N) is 2. The molecular weight excluding hydrogens is 410 g/mol. The molecule has 2 aliphatic heterocycles. The molecule has 2 amide bonds. The molecule has 2 saturated heterocycles. The molecule has 2 heterocycles. The number of carbonyl (C=O) groups is 2. The minimum absolute atomic E-state index is 0.0229. The van der Waals surface area contributed by atoms with Crippen LogP contribution in [0.5, 0.6) is 0 Å². The van der Waals surface area contributed by atoms with Gasteiger partial charge in [0.05, 0.1) is 6.04 Å². The number of rotatable bonds is 4. The van der Waals surface area contributed by atoms with Crippen molar-refractivity contribution in [3.63, 3.8) is 0 Å². The van der Waals surface area contributed by atoms with E-state index < -0.39 is 0 Å². The highest BCUT2D eigenvalue weighted by Crippen LogP contribution is 2.48. The molecule has 0 aromatic heterocycles. The largest absolute Gasteiger partial charge is 0.349 e. The Hall–Kier alpha value is -1.88. The van der Waals surface area contributed by atoms with Gasteiger partial charge in [0.2, 0.25) is 11.8 Å². The molecule has 1 N–H and O–H groups in total. The minimum Gasteiger partial charge on any atom is -0.349 e. The Balaban J connectivity index is 1.39. The van der Waals surface area contributed by atoms with Gasteiger partial charge in [-0.2, -0.15) is 0 Å². The van der Waals surface area contributed by atoms with Crippen LogP contribution < -0.4 is 5.32 Å². The number of carbonyl (C=O) groups excluding carboxylic acids is 2. The van der Waals surface area contributed by atoms with Crippen LogP contribution in [-0.2, 0) is 15.0 Å². The SMILES string of the molecule is CC(=O)N1CCC(C(=O)N[C@H]2CCC3(CCN(CCC(C)(C)C)CC3)c3ccccc32)CC1. The highest BCUT2D eigenvalue weighted by Gasteiger charge is 2.42. The third kappa shape index (κ3) is 5.62. The normalized spacial score (nSPS) is 23.9. The molecule has 0 bridgehead atoms. The fourth-order valence-electron chi connectivity index (χ4n) is 6.11. The number of amides is 2. The zero-order valence-electron chi connectivity index (χ0n) is 21.2. The first-order valence-corrected chi connectivity index (χ1v) is 13.0. The Morgan fingerprint density at radius 3 is 2.30 bits per heavy atom. The number of fused-ring (bicyclic) bond motifs is 2. The van der Waals surface area contributed by atoms with Gasteiger partial charge in [-0.15, -0.1) is 0 Å². The van der Waals surface area contributed by atoms with Gasteiger partial charge in [0.1, 0.15) is 0 Å². The molecule has 2 fully saturated rings. The van der Waals surface area contributed by atoms with Crippen molar-refractivity contribution in [1.29, 1.82) is 0 Å². The Morgan fingerprint density at radius 2 is 1.67 bits per heavy atom. The molecule has 1 aromatic carbocycles. The fourth-order valence-corrected chi connectivity index (χ4v) is 6.11. The topological polar surface area (TPSA) is 52.7 Å². The number of benzene rings is 1. The summed E-state index contributed by atoms with van der Waals surface area (Å²) < 4.78 is 0. The van der Waals surface area contributed by atoms with Gasteiger partial charge in [-0.25, -0.2) is 0 Å². The Bertz CT molecular complexity index is 843. The number of nitrogens with one attached hydrogen (secondary N) is 1. The third-order valence-corrected chi connectivity index (χ3v) is 8.44. The van der Waals surface area contributed by atoms with Crippen LogP contribution in [0.3, 0.4) is 0 Å². The second-order valence-corrected chi connectivity index (χ2v) is 11.9. The molecule has 0 radical (unpaired) electrons. The lowest BCUT2D eigenvalue weighted by Gasteiger charge is -2.47. The van der Waals surface area contributed by atoms with E-state index in [4.69, 9.17) is 0 Å². The summed E-state index contributed by atoms with van der Waals surface area (Å²) in [6, 6.07) is 8.98. The van der Waals surface area contributed by atoms with Gasteiger partial charge in [0.15, 0.2) is 0 Å². The summed E-state index contributed by atoms with van der Waals surface area (Å²) in [7, 11) is 0. The quantitative estimate of drug-likeness (QED) is 0.721. The van der Waals surface area contributed by atoms with Crippen LogP contribution in [0.25, 0.3) is 0 Å². The molecular formula is C28H43N3O2. The maximum atomic E-state index is 13.1. The molecule has 182 valence electrons. The van der Waals surface area contributed by atoms with Gasteiger partial charge in [0, 0.05) is 25.9 Å². The van der Waals surface area contributed by atoms with E-state index in [1.54, 1.807) is 6.92 Å². The van der Waals surface area contributed by atoms with E-state index in [9.17, 15) is 9.59 Å². The summed E-state index contributed by atoms with van der Waals surface area (Å²) in [4.78, 5) is 29.2. The van der Waals surface area contributed by atoms with Crippen molar-refractivity contribution in [2.24, 2.45) is 11.3 Å². The third-order valence-electron chi connectivity index (χ3n) is 8.44. The molecule has 33 heavy (non-hydrogen) atoms. The highest BCUT2D eigenvalue weighted by molar-refractivity contribution is 5.80. The van der Waals surface area contributed by atoms with Gasteiger partial charge < -0.3 is 15.1 Å². The van der Waals surface area contributed by atoms with Crippen LogP contribution in [-0.4, -0.2) is 54.3 Å². The average molecular weight is 454 g/mol. The smallest absolute Gasteiger partial charge is 0.223 e. The van der Waals surface area contributed by atoms with Crippen molar-refractivity contribution in [2.45, 2.75) is 84.1 Å². The van der Waals surface area contributed by atoms with E-state index >= 15 is 0 Å². The summed E-state index contributed by atoms with van der Waals surface area (Å²) in [6.45, 7) is 13.6. The standard InChI is InChI=1S/C28H43N3O2/c1-21(32)31-16-10-22(11-17-31)26(33)29-25-9-12-28(24-8-6-5-7-23(24)25)14-19-30(20-15-28)18-13-27(2,3)4/h5-8,22,25H,9-20H2,1-4H3,(H,29,33)/t25-/m0/s1. The first-order valence-electron chi connectivity index (χ1n) is 13.0. The second-order valence-electron chi connectivity index (χ2n) is 11.9. The monoisotopic (exact) mass is 453 g/mol. The van der Waals surface area contributed by atoms with E-state index in [1.807, 2.05) is 4.90 Å². The van der Waals surface area contributed by atoms with Crippen molar-refractivity contribution in [3.8, 4) is 0 Å². The average Bonchev–Trinajstić information content (AvgIpc) is 2.80. The lowest BCUT2D eigenvalue weighted by atomic mass is 9.63. The predicted octanol–water partition coefficient (Wildman–Crippen LogP) is 4.67. The Labute approximate surface area is 200 Å². The van der Waals surface area contributed by atoms with Gasteiger partial charge in [-0.1, -0.05) is 45.0 Å². The van der Waals surface area contributed by atoms with Crippen molar-refractivity contribution < 1.29 is 9.59 Å². The van der Waals surface area contributed by atoms with E-state index in [-0.39, 0.29) is 29.2 Å². The molecule has 1 spiro atoms. The summed E-state index contributed by atoms with van der Waals surface area (Å²) in [5.41, 5.74) is 3.47. The molecule has 3 aliphatic rings. The van der Waals surface area contributed by atoms with E-state index in [2.05, 4.69) is 55.3 Å². The second kappa shape index (κ2) is 9.77. The number of hydrogen-bond donors (Lipinski definition) is 1. The molecule has 0 saturated carbocycles. The zero-order valence-corrected chi connectivity index (χ0v) is 21.2. The Morgan fingerprint density at radius 1 is 1.00 bits per heavy atom. The first kappa shape index (κ1) is 24.3. The Kier molecular flexibility index (Phi) is 7.18. The van der Waals surface area contributed by atoms with Crippen LogP contribution in [0.2, 0.25) is 0 Å². The number of hydrogen-bond acceptors (Lipinski definition) is 3. The molecule has 4 rings (SSSR count). The van der Waals surface area contributed by atoms with E-state index in [0.29, 0.717) is 18.5 Å². The molecule has 1 aromatic rings. The van der Waals surface area contributed by atoms with Gasteiger partial charge in [0.25, 0.3) is 0 Å². The van der Waals surface area contributed by atoms with Crippen LogP contribution in [0, 0.1) is 11.3 Å². The van der Waals surface area contributed by atoms with Crippen LogP contribution in [0.1, 0.15) is 89.8 Å². The van der Waals surface area contributed by atoms with Gasteiger partial charge in [-0.3, -0.25) is 9.59 Å². The first-order chi connectivity index (χ1) is 15.7. The van der Waals surface area contributed by atoms with Crippen LogP contribution >= 0.6 is 0 Å². The summed E-state index contributed by atoms with van der Waals surface area (Å²) in [5.74, 6) is 0.311. The van der Waals surface area contributed by atoms with Crippen LogP contribution in [0.4, 0.5) is 0 Å². The molecule has 5 nitrogen and oxygen atoms in total. The van der Waals surface area contributed by atoms with Gasteiger partial charge >= 0.3 is 0 Å². The molecule has 1 aliphatic carbocycles. The molecule has 5 heteroatoms. The lowest BCUT2D eigenvalue weighted by molar-refractivity contribution is -0.134. The maximum Gasteiger partial charge on any atom is 0.223 e. The highest BCUT2D eigenvalue weighted by atomic mass is 16.2. The molecule has 1 atom stereocenters. The minimum atomic E-state index is 0.0229. The lowest BCUT2D eigenvalue weighted by Crippen LogP contribution is -2.48. The number of piperidine rings is 2. The predicted molar refractivity (Wildman–Crippen MR) is 133 cm³/mol. The summed E-state index contributed by atoms with van der Waals surface area (Å²) >= 11 is 0. The van der Waals surface area contributed by atoms with Crippen molar-refractivity contribution in [2.75, 3.05) is 32.7 Å². The van der Waals surface area contributed by atoms with Crippen molar-refractivity contribution >= 4 is 11.8 Å². The van der Waals surface area contributed by atoms with Crippen molar-refractivity contribution in [1.82, 2.24) is 15.1 Å². The molecule has 0 unspecified atom stereocenters. The van der Waals surface area contributed by atoms with E-state index in [1.165, 1.54) is 50.0 Å². The van der Waals surface area contributed by atoms with Gasteiger partial charge in [-0.05, 0) is 86.5 Å². The van der Waals surface area contributed by atoms with E-state index in [0.717, 1.165) is 25.7 Å². The summed E-state index contributed by atoms with van der Waals surface area (Å²) in [5, 5.41) is 3.40. The van der Waals surface area contributed by atoms with Crippen molar-refractivity contribution in [3.05, 3.63) is 35.4 Å². The number of likely N-dealkylation sites (tertiary alicyclic amines) is 2. The maximum absolute atomic E-state index is 13.1. The summed E-state index contributed by atoms with van der Waals surface area (Å²) in [6.07, 6.45) is 7.41. The zero-order chi connectivity index (χ0) is 23.6. The van der Waals surface area contributed by atoms with Crippen LogP contribution in [0.15, 0.2) is 24.3 Å². The fraction of sp³-hybridized carbons (Fsp3) is 0.714.